The molecule has 1 aliphatic carbocycles. The van der Waals surface area contributed by atoms with Gasteiger partial charge in [0, 0.05) is 71.4 Å². The first-order valence-corrected chi connectivity index (χ1v) is 14.8. The molecule has 0 bridgehead atoms. The molecule has 4 aromatic rings. The van der Waals surface area contributed by atoms with Crippen LogP contribution in [0, 0.1) is 18.8 Å². The number of aromatic nitrogens is 3. The van der Waals surface area contributed by atoms with Gasteiger partial charge in [0.2, 0.25) is 0 Å². The van der Waals surface area contributed by atoms with Crippen LogP contribution in [0.3, 0.4) is 0 Å². The third-order valence-corrected chi connectivity index (χ3v) is 8.45. The van der Waals surface area contributed by atoms with E-state index in [1.54, 1.807) is 0 Å². The first kappa shape index (κ1) is 27.6. The molecule has 2 fully saturated rings. The van der Waals surface area contributed by atoms with Gasteiger partial charge in [0.05, 0.1) is 34.8 Å². The van der Waals surface area contributed by atoms with Crippen molar-refractivity contribution >= 4 is 46.1 Å². The summed E-state index contributed by atoms with van der Waals surface area (Å²) in [5.74, 6) is 0.664. The van der Waals surface area contributed by atoms with Gasteiger partial charge in [0.15, 0.2) is 0 Å². The standard InChI is InChI=1S/C34H38N8/c1-22-6-9-28(33(21-35-4)40-25-12-14-36-23(2)18-25)34(22)39-24(3)30-10-7-26(20-38-30)41-32-13-15-37-31-11-8-27(19-29(31)32)42-16-5-17-42/h7-8,10-15,18-22,28,34H,4-6,9,16-17H2,1-3H3,(H,36,40)(H,37,41)/b33-21+,39-24?. The summed E-state index contributed by atoms with van der Waals surface area (Å²) in [4.78, 5) is 25.4. The molecule has 8 heteroatoms. The van der Waals surface area contributed by atoms with Gasteiger partial charge in [-0.05, 0) is 94.3 Å². The Morgan fingerprint density at radius 3 is 2.60 bits per heavy atom. The molecule has 3 atom stereocenters. The summed E-state index contributed by atoms with van der Waals surface area (Å²) in [6.07, 6.45) is 10.8. The molecule has 2 N–H and O–H groups in total. The summed E-state index contributed by atoms with van der Waals surface area (Å²) in [6, 6.07) is 16.8. The van der Waals surface area contributed by atoms with E-state index in [0.29, 0.717) is 5.92 Å². The Bertz CT molecular complexity index is 1640. The van der Waals surface area contributed by atoms with Gasteiger partial charge in [-0.2, -0.15) is 0 Å². The Labute approximate surface area is 247 Å². The number of pyridine rings is 3. The van der Waals surface area contributed by atoms with Gasteiger partial charge in [-0.15, -0.1) is 0 Å². The third-order valence-electron chi connectivity index (χ3n) is 8.45. The molecular formula is C34H38N8. The van der Waals surface area contributed by atoms with Crippen molar-refractivity contribution in [1.82, 2.24) is 15.0 Å². The minimum atomic E-state index is 0.122. The van der Waals surface area contributed by atoms with Crippen molar-refractivity contribution in [3.05, 3.63) is 90.4 Å². The fourth-order valence-electron chi connectivity index (χ4n) is 5.99. The molecule has 0 radical (unpaired) electrons. The summed E-state index contributed by atoms with van der Waals surface area (Å²) in [5.41, 5.74) is 9.00. The van der Waals surface area contributed by atoms with Crippen LogP contribution in [0.2, 0.25) is 0 Å². The number of hydrogen-bond acceptors (Lipinski definition) is 8. The average molecular weight is 559 g/mol. The zero-order valence-electron chi connectivity index (χ0n) is 24.6. The zero-order valence-corrected chi connectivity index (χ0v) is 24.6. The van der Waals surface area contributed by atoms with Gasteiger partial charge in [0.1, 0.15) is 0 Å². The predicted octanol–water partition coefficient (Wildman–Crippen LogP) is 7.16. The lowest BCUT2D eigenvalue weighted by molar-refractivity contribution is 0.474. The number of benzene rings is 1. The minimum absolute atomic E-state index is 0.122. The van der Waals surface area contributed by atoms with Gasteiger partial charge in [-0.3, -0.25) is 24.9 Å². The SMILES string of the molecule is C=N/C=C(/Nc1ccnc(C)c1)C1CCC(C)C1N=C(C)c1ccc(Nc2ccnc3ccc(N4CCC4)cc23)cn1. The highest BCUT2D eigenvalue weighted by Crippen LogP contribution is 2.39. The van der Waals surface area contributed by atoms with Gasteiger partial charge in [-0.1, -0.05) is 6.92 Å². The van der Waals surface area contributed by atoms with Crippen LogP contribution < -0.4 is 15.5 Å². The number of aliphatic imine (C=N–C) groups is 2. The summed E-state index contributed by atoms with van der Waals surface area (Å²) < 4.78 is 0. The van der Waals surface area contributed by atoms with Crippen LogP contribution in [0.1, 0.15) is 44.5 Å². The molecule has 0 spiro atoms. The van der Waals surface area contributed by atoms with Crippen molar-refractivity contribution in [3.8, 4) is 0 Å². The molecule has 1 aliphatic heterocycles. The lowest BCUT2D eigenvalue weighted by Gasteiger charge is -2.33. The molecule has 42 heavy (non-hydrogen) atoms. The predicted molar refractivity (Wildman–Crippen MR) is 174 cm³/mol. The van der Waals surface area contributed by atoms with Crippen LogP contribution in [-0.4, -0.2) is 46.5 Å². The molecule has 3 unspecified atom stereocenters. The number of anilines is 4. The quantitative estimate of drug-likeness (QED) is 0.212. The second-order valence-corrected chi connectivity index (χ2v) is 11.4. The molecule has 6 rings (SSSR count). The molecule has 2 aliphatic rings. The van der Waals surface area contributed by atoms with E-state index in [-0.39, 0.29) is 12.0 Å². The van der Waals surface area contributed by atoms with E-state index >= 15 is 0 Å². The molecular weight excluding hydrogens is 520 g/mol. The molecule has 8 nitrogen and oxygen atoms in total. The fraction of sp³-hybridized carbons (Fsp3) is 0.324. The second-order valence-electron chi connectivity index (χ2n) is 11.4. The Kier molecular flexibility index (Phi) is 7.95. The number of nitrogens with one attached hydrogen (secondary N) is 2. The fourth-order valence-corrected chi connectivity index (χ4v) is 5.99. The van der Waals surface area contributed by atoms with E-state index in [0.717, 1.165) is 76.7 Å². The number of hydrogen-bond donors (Lipinski definition) is 2. The first-order valence-electron chi connectivity index (χ1n) is 14.8. The lowest BCUT2D eigenvalue weighted by Crippen LogP contribution is -2.36. The Hall–Kier alpha value is -4.59. The highest BCUT2D eigenvalue weighted by molar-refractivity contribution is 5.98. The summed E-state index contributed by atoms with van der Waals surface area (Å²) in [5, 5.41) is 8.24. The van der Waals surface area contributed by atoms with E-state index in [2.05, 4.69) is 75.3 Å². The molecule has 1 aromatic carbocycles. The van der Waals surface area contributed by atoms with Crippen molar-refractivity contribution in [2.45, 2.75) is 46.1 Å². The van der Waals surface area contributed by atoms with E-state index in [1.807, 2.05) is 56.0 Å². The second kappa shape index (κ2) is 12.1. The normalized spacial score (nSPS) is 20.8. The average Bonchev–Trinajstić information content (AvgIpc) is 3.32. The van der Waals surface area contributed by atoms with Crippen LogP contribution in [0.4, 0.5) is 22.7 Å². The molecule has 0 amide bonds. The van der Waals surface area contributed by atoms with E-state index in [1.165, 1.54) is 12.1 Å². The lowest BCUT2D eigenvalue weighted by atomic mass is 9.95. The maximum Gasteiger partial charge on any atom is 0.0838 e. The molecule has 214 valence electrons. The van der Waals surface area contributed by atoms with E-state index in [4.69, 9.17) is 9.98 Å². The van der Waals surface area contributed by atoms with Gasteiger partial charge >= 0.3 is 0 Å². The number of rotatable bonds is 9. The van der Waals surface area contributed by atoms with Crippen LogP contribution in [0.15, 0.2) is 89.0 Å². The van der Waals surface area contributed by atoms with Crippen molar-refractivity contribution in [3.63, 3.8) is 0 Å². The zero-order chi connectivity index (χ0) is 29.1. The largest absolute Gasteiger partial charge is 0.371 e. The molecule has 4 heterocycles. The molecule has 3 aromatic heterocycles. The monoisotopic (exact) mass is 558 g/mol. The Morgan fingerprint density at radius 1 is 1.00 bits per heavy atom. The Morgan fingerprint density at radius 2 is 1.86 bits per heavy atom. The van der Waals surface area contributed by atoms with E-state index < -0.39 is 0 Å². The van der Waals surface area contributed by atoms with Crippen molar-refractivity contribution in [2.75, 3.05) is 28.6 Å². The van der Waals surface area contributed by atoms with Gasteiger partial charge in [0.25, 0.3) is 0 Å². The first-order chi connectivity index (χ1) is 20.5. The maximum absolute atomic E-state index is 5.23. The minimum Gasteiger partial charge on any atom is -0.371 e. The summed E-state index contributed by atoms with van der Waals surface area (Å²) >= 11 is 0. The smallest absolute Gasteiger partial charge is 0.0838 e. The summed E-state index contributed by atoms with van der Waals surface area (Å²) in [6.45, 7) is 12.3. The van der Waals surface area contributed by atoms with Gasteiger partial charge in [-0.25, -0.2) is 0 Å². The molecule has 1 saturated heterocycles. The van der Waals surface area contributed by atoms with E-state index in [9.17, 15) is 0 Å². The number of fused-ring (bicyclic) bond motifs is 1. The van der Waals surface area contributed by atoms with Crippen LogP contribution in [0.25, 0.3) is 10.9 Å². The van der Waals surface area contributed by atoms with Crippen molar-refractivity contribution < 1.29 is 0 Å². The maximum atomic E-state index is 5.23. The van der Waals surface area contributed by atoms with Crippen LogP contribution in [-0.2, 0) is 0 Å². The number of aryl methyl sites for hydroxylation is 1. The Balaban J connectivity index is 1.20. The highest BCUT2D eigenvalue weighted by Gasteiger charge is 2.36. The van der Waals surface area contributed by atoms with Crippen molar-refractivity contribution in [2.24, 2.45) is 21.8 Å². The number of nitrogens with zero attached hydrogens (tertiary/aromatic N) is 6. The topological polar surface area (TPSA) is 90.7 Å². The highest BCUT2D eigenvalue weighted by atomic mass is 15.2. The van der Waals surface area contributed by atoms with Crippen LogP contribution in [0.5, 0.6) is 0 Å². The van der Waals surface area contributed by atoms with Crippen molar-refractivity contribution in [1.29, 1.82) is 0 Å². The molecule has 1 saturated carbocycles. The van der Waals surface area contributed by atoms with Gasteiger partial charge < -0.3 is 15.5 Å². The summed E-state index contributed by atoms with van der Waals surface area (Å²) in [7, 11) is 0. The van der Waals surface area contributed by atoms with Crippen LogP contribution >= 0.6 is 0 Å². The third kappa shape index (κ3) is 5.88.